The first kappa shape index (κ1) is 15.0. The van der Waals surface area contributed by atoms with E-state index in [2.05, 4.69) is 24.4 Å². The molecule has 0 bridgehead atoms. The van der Waals surface area contributed by atoms with Crippen molar-refractivity contribution in [2.75, 3.05) is 5.75 Å². The summed E-state index contributed by atoms with van der Waals surface area (Å²) in [5.41, 5.74) is 2.67. The highest BCUT2D eigenvalue weighted by atomic mass is 35.5. The van der Waals surface area contributed by atoms with E-state index in [1.54, 1.807) is 17.8 Å². The molecule has 0 aromatic carbocycles. The summed E-state index contributed by atoms with van der Waals surface area (Å²) in [6.45, 7) is 4.46. The smallest absolute Gasteiger partial charge is 0.126 e. The normalized spacial score (nSPS) is 17.3. The van der Waals surface area contributed by atoms with Gasteiger partial charge in [0.05, 0.1) is 11.8 Å². The van der Waals surface area contributed by atoms with Crippen molar-refractivity contribution < 1.29 is 0 Å². The molecule has 0 aromatic heterocycles. The molecule has 6 heteroatoms. The minimum atomic E-state index is 0.499. The van der Waals surface area contributed by atoms with Crippen LogP contribution in [-0.4, -0.2) is 15.4 Å². The van der Waals surface area contributed by atoms with Crippen LogP contribution in [0.1, 0.15) is 39.5 Å². The molecular formula is C11H19Cl2N3S. The lowest BCUT2D eigenvalue weighted by atomic mass is 10.0. The summed E-state index contributed by atoms with van der Waals surface area (Å²) < 4.78 is 1.12. The lowest BCUT2D eigenvalue weighted by molar-refractivity contribution is 0.407. The van der Waals surface area contributed by atoms with Gasteiger partial charge in [-0.05, 0) is 12.3 Å². The second-order valence-corrected chi connectivity index (χ2v) is 5.80. The third-order valence-electron chi connectivity index (χ3n) is 2.65. The van der Waals surface area contributed by atoms with Crippen LogP contribution in [0, 0.1) is 5.92 Å². The van der Waals surface area contributed by atoms with Crippen LogP contribution in [0.15, 0.2) is 16.3 Å². The third-order valence-corrected chi connectivity index (χ3v) is 4.13. The van der Waals surface area contributed by atoms with Crippen LogP contribution in [0.4, 0.5) is 0 Å². The Balaban J connectivity index is 2.38. The predicted octanol–water partition coefficient (Wildman–Crippen LogP) is 4.30. The zero-order valence-corrected chi connectivity index (χ0v) is 12.6. The second-order valence-electron chi connectivity index (χ2n) is 4.03. The average Bonchev–Trinajstić information content (AvgIpc) is 2.28. The number of hydrogen-bond acceptors (Lipinski definition) is 4. The number of nitrogens with zero attached hydrogens (tertiary/aromatic N) is 2. The molecule has 1 rings (SSSR count). The molecule has 0 saturated heterocycles. The molecule has 1 atom stereocenters. The first-order chi connectivity index (χ1) is 8.15. The van der Waals surface area contributed by atoms with Crippen molar-refractivity contribution in [3.63, 3.8) is 0 Å². The van der Waals surface area contributed by atoms with Gasteiger partial charge in [-0.25, -0.2) is 0 Å². The number of halogens is 2. The van der Waals surface area contributed by atoms with Crippen LogP contribution in [0.5, 0.6) is 0 Å². The van der Waals surface area contributed by atoms with Gasteiger partial charge in [0.25, 0.3) is 0 Å². The van der Waals surface area contributed by atoms with Crippen molar-refractivity contribution >= 4 is 40.2 Å². The molecule has 0 aliphatic carbocycles. The molecule has 3 nitrogen and oxygen atoms in total. The van der Waals surface area contributed by atoms with Crippen LogP contribution in [0.25, 0.3) is 0 Å². The minimum Gasteiger partial charge on any atom is -0.256 e. The molecular weight excluding hydrogens is 277 g/mol. The lowest BCUT2D eigenvalue weighted by Gasteiger charge is -2.19. The molecule has 1 N–H and O–H groups in total. The fourth-order valence-electron chi connectivity index (χ4n) is 1.54. The molecule has 1 aliphatic heterocycles. The fraction of sp³-hybridized carbons (Fsp3) is 0.727. The Hall–Kier alpha value is -0.0600. The standard InChI is InChI=1S/C11H19Cl2N3S/c1-3-5-6-9(4-2)8-17-11-7-10(12)14-16(13)15-11/h7,9,14H,3-6,8H2,1-2H3. The fourth-order valence-corrected chi connectivity index (χ4v) is 3.20. The number of hydrogen-bond donors (Lipinski definition) is 1. The summed E-state index contributed by atoms with van der Waals surface area (Å²) in [6.07, 6.45) is 6.85. The van der Waals surface area contributed by atoms with E-state index >= 15 is 0 Å². The van der Waals surface area contributed by atoms with E-state index in [4.69, 9.17) is 23.4 Å². The van der Waals surface area contributed by atoms with Gasteiger partial charge in [0.15, 0.2) is 0 Å². The Morgan fingerprint density at radius 1 is 1.53 bits per heavy atom. The number of hydrazine groups is 1. The highest BCUT2D eigenvalue weighted by molar-refractivity contribution is 8.14. The van der Waals surface area contributed by atoms with Crippen molar-refractivity contribution in [1.82, 2.24) is 10.1 Å². The minimum absolute atomic E-state index is 0.499. The van der Waals surface area contributed by atoms with Crippen LogP contribution >= 0.6 is 35.1 Å². The number of rotatable bonds is 6. The summed E-state index contributed by atoms with van der Waals surface area (Å²) in [4.78, 5) is 0. The maximum absolute atomic E-state index is 5.87. The van der Waals surface area contributed by atoms with Crippen molar-refractivity contribution in [3.05, 3.63) is 11.2 Å². The van der Waals surface area contributed by atoms with Crippen LogP contribution in [-0.2, 0) is 0 Å². The SMILES string of the molecule is CCCCC(CC)CSC1=NN(Cl)NC(Cl)=C1. The number of nitrogens with one attached hydrogen (secondary N) is 1. The van der Waals surface area contributed by atoms with Crippen molar-refractivity contribution in [3.8, 4) is 0 Å². The van der Waals surface area contributed by atoms with Crippen LogP contribution in [0.2, 0.25) is 0 Å². The van der Waals surface area contributed by atoms with E-state index in [9.17, 15) is 0 Å². The van der Waals surface area contributed by atoms with Crippen LogP contribution < -0.4 is 5.43 Å². The van der Waals surface area contributed by atoms with Gasteiger partial charge in [-0.2, -0.15) is 0 Å². The van der Waals surface area contributed by atoms with Gasteiger partial charge in [0.2, 0.25) is 0 Å². The van der Waals surface area contributed by atoms with Gasteiger partial charge >= 0.3 is 0 Å². The van der Waals surface area contributed by atoms with Gasteiger partial charge in [-0.15, -0.1) is 21.5 Å². The largest absolute Gasteiger partial charge is 0.256 e. The summed E-state index contributed by atoms with van der Waals surface area (Å²) in [6, 6.07) is 0. The number of thioether (sulfide) groups is 1. The summed E-state index contributed by atoms with van der Waals surface area (Å²) in [5.74, 6) is 1.81. The molecule has 1 aliphatic rings. The third kappa shape index (κ3) is 5.89. The first-order valence-corrected chi connectivity index (χ1v) is 7.67. The Morgan fingerprint density at radius 2 is 2.29 bits per heavy atom. The van der Waals surface area contributed by atoms with E-state index in [0.717, 1.165) is 21.4 Å². The van der Waals surface area contributed by atoms with E-state index in [0.29, 0.717) is 5.16 Å². The zero-order chi connectivity index (χ0) is 12.7. The summed E-state index contributed by atoms with van der Waals surface area (Å²) >= 11 is 13.3. The second kappa shape index (κ2) is 8.11. The molecule has 1 unspecified atom stereocenters. The molecule has 0 radical (unpaired) electrons. The molecule has 0 amide bonds. The van der Waals surface area contributed by atoms with Gasteiger partial charge < -0.3 is 0 Å². The Bertz CT molecular complexity index is 294. The Morgan fingerprint density at radius 3 is 2.88 bits per heavy atom. The predicted molar refractivity (Wildman–Crippen MR) is 78.0 cm³/mol. The zero-order valence-electron chi connectivity index (χ0n) is 10.2. The van der Waals surface area contributed by atoms with E-state index in [-0.39, 0.29) is 0 Å². The average molecular weight is 296 g/mol. The van der Waals surface area contributed by atoms with Crippen molar-refractivity contribution in [1.29, 1.82) is 0 Å². The number of hydrazone groups is 1. The highest BCUT2D eigenvalue weighted by Crippen LogP contribution is 2.22. The topological polar surface area (TPSA) is 27.6 Å². The molecule has 98 valence electrons. The summed E-state index contributed by atoms with van der Waals surface area (Å²) in [7, 11) is 0. The first-order valence-electron chi connectivity index (χ1n) is 5.96. The van der Waals surface area contributed by atoms with Gasteiger partial charge in [0, 0.05) is 11.8 Å². The maximum atomic E-state index is 5.87. The maximum Gasteiger partial charge on any atom is 0.126 e. The molecule has 1 heterocycles. The van der Waals surface area contributed by atoms with Crippen LogP contribution in [0.3, 0.4) is 0 Å². The van der Waals surface area contributed by atoms with Gasteiger partial charge in [-0.1, -0.05) is 44.7 Å². The van der Waals surface area contributed by atoms with E-state index in [1.165, 1.54) is 25.7 Å². The monoisotopic (exact) mass is 295 g/mol. The van der Waals surface area contributed by atoms with Gasteiger partial charge in [-0.3, -0.25) is 5.43 Å². The molecule has 0 saturated carbocycles. The van der Waals surface area contributed by atoms with Gasteiger partial charge in [0.1, 0.15) is 10.2 Å². The summed E-state index contributed by atoms with van der Waals surface area (Å²) in [5, 5.41) is 5.48. The number of unbranched alkanes of at least 4 members (excludes halogenated alkanes) is 1. The van der Waals surface area contributed by atoms with E-state index in [1.807, 2.05) is 0 Å². The quantitative estimate of drug-likeness (QED) is 0.585. The highest BCUT2D eigenvalue weighted by Gasteiger charge is 2.12. The molecule has 0 fully saturated rings. The van der Waals surface area contributed by atoms with E-state index < -0.39 is 0 Å². The lowest BCUT2D eigenvalue weighted by Crippen LogP contribution is -2.27. The van der Waals surface area contributed by atoms with Crippen molar-refractivity contribution in [2.24, 2.45) is 11.0 Å². The Kier molecular flexibility index (Phi) is 7.16. The Labute approximate surface area is 118 Å². The molecule has 17 heavy (non-hydrogen) atoms. The van der Waals surface area contributed by atoms with Crippen molar-refractivity contribution in [2.45, 2.75) is 39.5 Å². The molecule has 0 spiro atoms. The molecule has 0 aromatic rings.